The molecule has 3 rings (SSSR count). The molecule has 0 aliphatic carbocycles. The number of piperazine rings is 1. The molecule has 4 nitrogen and oxygen atoms in total. The molecule has 0 saturated carbocycles. The van der Waals surface area contributed by atoms with Gasteiger partial charge in [0.05, 0.1) is 0 Å². The number of para-hydroxylation sites is 1. The van der Waals surface area contributed by atoms with Crippen LogP contribution in [0.1, 0.15) is 12.0 Å². The quantitative estimate of drug-likeness (QED) is 0.765. The molecule has 2 aromatic carbocycles. The first kappa shape index (κ1) is 22.4. The van der Waals surface area contributed by atoms with E-state index in [-0.39, 0.29) is 30.7 Å². The number of anilines is 2. The molecule has 0 atom stereocenters. The molecule has 1 aliphatic heterocycles. The zero-order chi connectivity index (χ0) is 16.9. The van der Waals surface area contributed by atoms with Crippen molar-refractivity contribution in [3.05, 3.63) is 59.1 Å². The SMILES string of the molecule is Cl.Cl.Nc1ccccc1CCC(=O)N1CCN(c2ccc(Cl)cc2)CC1. The highest BCUT2D eigenvalue weighted by atomic mass is 35.5. The molecule has 1 saturated heterocycles. The number of rotatable bonds is 4. The third-order valence-corrected chi connectivity index (χ3v) is 4.74. The van der Waals surface area contributed by atoms with Crippen LogP contribution in [0.25, 0.3) is 0 Å². The number of nitrogens with zero attached hydrogens (tertiary/aromatic N) is 2. The van der Waals surface area contributed by atoms with Gasteiger partial charge in [-0.25, -0.2) is 0 Å². The summed E-state index contributed by atoms with van der Waals surface area (Å²) in [5, 5.41) is 0.743. The van der Waals surface area contributed by atoms with E-state index in [2.05, 4.69) is 4.90 Å². The highest BCUT2D eigenvalue weighted by Gasteiger charge is 2.21. The van der Waals surface area contributed by atoms with E-state index in [0.717, 1.165) is 48.1 Å². The Morgan fingerprint density at radius 2 is 1.58 bits per heavy atom. The minimum Gasteiger partial charge on any atom is -0.399 e. The van der Waals surface area contributed by atoms with Crippen LogP contribution in [0.4, 0.5) is 11.4 Å². The number of nitrogen functional groups attached to an aromatic ring is 1. The maximum Gasteiger partial charge on any atom is 0.223 e. The molecule has 1 aliphatic rings. The Labute approximate surface area is 172 Å². The highest BCUT2D eigenvalue weighted by Crippen LogP contribution is 2.20. The van der Waals surface area contributed by atoms with Gasteiger partial charge < -0.3 is 15.5 Å². The molecule has 26 heavy (non-hydrogen) atoms. The Kier molecular flexibility index (Phi) is 9.06. The number of benzene rings is 2. The van der Waals surface area contributed by atoms with Gasteiger partial charge in [0.15, 0.2) is 0 Å². The van der Waals surface area contributed by atoms with Crippen LogP contribution in [0, 0.1) is 0 Å². The molecule has 2 N–H and O–H groups in total. The monoisotopic (exact) mass is 415 g/mol. The van der Waals surface area contributed by atoms with Crippen molar-refractivity contribution in [2.45, 2.75) is 12.8 Å². The van der Waals surface area contributed by atoms with E-state index < -0.39 is 0 Å². The molecule has 1 heterocycles. The molecular weight excluding hydrogens is 393 g/mol. The zero-order valence-electron chi connectivity index (χ0n) is 14.4. The third-order valence-electron chi connectivity index (χ3n) is 4.49. The second kappa shape index (κ2) is 10.5. The first-order chi connectivity index (χ1) is 11.6. The average Bonchev–Trinajstić information content (AvgIpc) is 2.62. The van der Waals surface area contributed by atoms with Gasteiger partial charge in [0.1, 0.15) is 0 Å². The first-order valence-electron chi connectivity index (χ1n) is 8.25. The lowest BCUT2D eigenvalue weighted by molar-refractivity contribution is -0.131. The van der Waals surface area contributed by atoms with Crippen LogP contribution in [0.5, 0.6) is 0 Å². The summed E-state index contributed by atoms with van der Waals surface area (Å²) in [4.78, 5) is 16.7. The van der Waals surface area contributed by atoms with Crippen LogP contribution in [-0.4, -0.2) is 37.0 Å². The lowest BCUT2D eigenvalue weighted by atomic mass is 10.1. The van der Waals surface area contributed by atoms with Gasteiger partial charge in [-0.1, -0.05) is 29.8 Å². The van der Waals surface area contributed by atoms with Crippen molar-refractivity contribution in [2.75, 3.05) is 36.8 Å². The van der Waals surface area contributed by atoms with Gasteiger partial charge in [-0.2, -0.15) is 0 Å². The second-order valence-corrected chi connectivity index (χ2v) is 6.48. The molecule has 0 radical (unpaired) electrons. The van der Waals surface area contributed by atoms with Crippen LogP contribution in [0.15, 0.2) is 48.5 Å². The summed E-state index contributed by atoms with van der Waals surface area (Å²) in [6.45, 7) is 3.21. The maximum absolute atomic E-state index is 12.4. The zero-order valence-corrected chi connectivity index (χ0v) is 16.8. The van der Waals surface area contributed by atoms with E-state index in [1.165, 1.54) is 0 Å². The lowest BCUT2D eigenvalue weighted by Crippen LogP contribution is -2.48. The fourth-order valence-electron chi connectivity index (χ4n) is 3.03. The predicted molar refractivity (Wildman–Crippen MR) is 114 cm³/mol. The molecule has 2 aromatic rings. The van der Waals surface area contributed by atoms with Gasteiger partial charge in [-0.05, 0) is 42.3 Å². The summed E-state index contributed by atoms with van der Waals surface area (Å²) >= 11 is 5.93. The molecule has 1 fully saturated rings. The standard InChI is InChI=1S/C19H22ClN3O.2ClH/c20-16-6-8-17(9-7-16)22-11-13-23(14-12-22)19(24)10-5-15-3-1-2-4-18(15)21;;/h1-4,6-9H,5,10-14,21H2;2*1H. The molecule has 0 aromatic heterocycles. The Morgan fingerprint density at radius 1 is 0.962 bits per heavy atom. The summed E-state index contributed by atoms with van der Waals surface area (Å²) in [5.41, 5.74) is 8.90. The fraction of sp³-hybridized carbons (Fsp3) is 0.316. The van der Waals surface area contributed by atoms with Crippen LogP contribution in [0.2, 0.25) is 5.02 Å². The number of aryl methyl sites for hydroxylation is 1. The molecule has 7 heteroatoms. The van der Waals surface area contributed by atoms with Crippen molar-refractivity contribution in [1.82, 2.24) is 4.90 Å². The van der Waals surface area contributed by atoms with Gasteiger partial charge >= 0.3 is 0 Å². The molecular formula is C19H24Cl3N3O. The normalized spacial score (nSPS) is 13.6. The highest BCUT2D eigenvalue weighted by molar-refractivity contribution is 6.30. The summed E-state index contributed by atoms with van der Waals surface area (Å²) in [6, 6.07) is 15.6. The summed E-state index contributed by atoms with van der Waals surface area (Å²) in [7, 11) is 0. The van der Waals surface area contributed by atoms with Crippen molar-refractivity contribution in [2.24, 2.45) is 0 Å². The van der Waals surface area contributed by atoms with E-state index in [1.807, 2.05) is 53.4 Å². The number of amides is 1. The Balaban J connectivity index is 0.00000169. The molecule has 0 spiro atoms. The number of hydrogen-bond donors (Lipinski definition) is 1. The van der Waals surface area contributed by atoms with Crippen molar-refractivity contribution < 1.29 is 4.79 Å². The first-order valence-corrected chi connectivity index (χ1v) is 8.63. The van der Waals surface area contributed by atoms with E-state index in [9.17, 15) is 4.79 Å². The molecule has 0 unspecified atom stereocenters. The van der Waals surface area contributed by atoms with Gasteiger partial charge in [0, 0.05) is 49.0 Å². The van der Waals surface area contributed by atoms with Crippen molar-refractivity contribution in [1.29, 1.82) is 0 Å². The van der Waals surface area contributed by atoms with Crippen molar-refractivity contribution in [3.8, 4) is 0 Å². The fourth-order valence-corrected chi connectivity index (χ4v) is 3.15. The number of carbonyl (C=O) groups is 1. The van der Waals surface area contributed by atoms with Crippen LogP contribution in [0.3, 0.4) is 0 Å². The predicted octanol–water partition coefficient (Wildman–Crippen LogP) is 4.05. The van der Waals surface area contributed by atoms with E-state index in [1.54, 1.807) is 0 Å². The van der Waals surface area contributed by atoms with Crippen molar-refractivity contribution >= 4 is 53.7 Å². The Morgan fingerprint density at radius 3 is 2.19 bits per heavy atom. The average molecular weight is 417 g/mol. The Bertz CT molecular complexity index is 701. The van der Waals surface area contributed by atoms with Crippen molar-refractivity contribution in [3.63, 3.8) is 0 Å². The van der Waals surface area contributed by atoms with E-state index in [0.29, 0.717) is 12.8 Å². The largest absolute Gasteiger partial charge is 0.399 e. The molecule has 1 amide bonds. The van der Waals surface area contributed by atoms with Crippen LogP contribution in [-0.2, 0) is 11.2 Å². The summed E-state index contributed by atoms with van der Waals surface area (Å²) < 4.78 is 0. The minimum absolute atomic E-state index is 0. The third kappa shape index (κ3) is 5.70. The Hall–Kier alpha value is -1.62. The lowest BCUT2D eigenvalue weighted by Gasteiger charge is -2.36. The number of hydrogen-bond acceptors (Lipinski definition) is 3. The number of halogens is 3. The number of nitrogens with two attached hydrogens (primary N) is 1. The second-order valence-electron chi connectivity index (χ2n) is 6.04. The van der Waals surface area contributed by atoms with E-state index >= 15 is 0 Å². The van der Waals surface area contributed by atoms with Gasteiger partial charge in [-0.3, -0.25) is 4.79 Å². The maximum atomic E-state index is 12.4. The van der Waals surface area contributed by atoms with Crippen LogP contribution < -0.4 is 10.6 Å². The minimum atomic E-state index is 0. The smallest absolute Gasteiger partial charge is 0.223 e. The number of carbonyl (C=O) groups excluding carboxylic acids is 1. The summed E-state index contributed by atoms with van der Waals surface area (Å²) in [6.07, 6.45) is 1.21. The molecule has 142 valence electrons. The van der Waals surface area contributed by atoms with Gasteiger partial charge in [0.2, 0.25) is 5.91 Å². The topological polar surface area (TPSA) is 49.6 Å². The summed E-state index contributed by atoms with van der Waals surface area (Å²) in [5.74, 6) is 0.203. The van der Waals surface area contributed by atoms with Crippen LogP contribution >= 0.6 is 36.4 Å². The van der Waals surface area contributed by atoms with Gasteiger partial charge in [0.25, 0.3) is 0 Å². The van der Waals surface area contributed by atoms with Gasteiger partial charge in [-0.15, -0.1) is 24.8 Å². The molecule has 0 bridgehead atoms. The van der Waals surface area contributed by atoms with E-state index in [4.69, 9.17) is 17.3 Å².